The fraction of sp³-hybridized carbons (Fsp3) is 0.320. The summed E-state index contributed by atoms with van der Waals surface area (Å²) in [6.07, 6.45) is 6.02. The number of hydrogen-bond donors (Lipinski definition) is 2. The fourth-order valence-electron chi connectivity index (χ4n) is 2.87. The number of ether oxygens (including phenoxy) is 1. The molecule has 0 bridgehead atoms. The van der Waals surface area contributed by atoms with Gasteiger partial charge in [-0.2, -0.15) is 5.26 Å². The molecule has 0 fully saturated rings. The van der Waals surface area contributed by atoms with Gasteiger partial charge in [0.05, 0.1) is 17.9 Å². The van der Waals surface area contributed by atoms with Crippen molar-refractivity contribution in [1.82, 2.24) is 5.32 Å². The van der Waals surface area contributed by atoms with Crippen molar-refractivity contribution in [2.24, 2.45) is 0 Å². The Bertz CT molecular complexity index is 917. The van der Waals surface area contributed by atoms with Gasteiger partial charge in [-0.3, -0.25) is 4.79 Å². The Kier molecular flexibility index (Phi) is 10.4. The lowest BCUT2D eigenvalue weighted by molar-refractivity contribution is -0.112. The van der Waals surface area contributed by atoms with Crippen LogP contribution in [-0.4, -0.2) is 25.0 Å². The van der Waals surface area contributed by atoms with Gasteiger partial charge >= 0.3 is 5.97 Å². The minimum atomic E-state index is -0.576. The first kappa shape index (κ1) is 23.7. The summed E-state index contributed by atoms with van der Waals surface area (Å²) in [6.45, 7) is 3.00. The number of amides is 1. The zero-order valence-electron chi connectivity index (χ0n) is 17.9. The molecule has 0 aliphatic carbocycles. The van der Waals surface area contributed by atoms with E-state index < -0.39 is 11.9 Å². The first-order valence-corrected chi connectivity index (χ1v) is 10.6. The van der Waals surface area contributed by atoms with Crippen molar-refractivity contribution in [3.63, 3.8) is 0 Å². The van der Waals surface area contributed by atoms with Gasteiger partial charge in [0.15, 0.2) is 0 Å². The van der Waals surface area contributed by atoms with Crippen LogP contribution in [0.1, 0.15) is 48.5 Å². The molecule has 0 aromatic heterocycles. The topological polar surface area (TPSA) is 91.2 Å². The maximum absolute atomic E-state index is 12.5. The van der Waals surface area contributed by atoms with Gasteiger partial charge in [0.2, 0.25) is 0 Å². The van der Waals surface area contributed by atoms with E-state index in [-0.39, 0.29) is 11.1 Å². The molecule has 0 atom stereocenters. The fourth-order valence-corrected chi connectivity index (χ4v) is 2.87. The molecule has 1 amide bonds. The highest BCUT2D eigenvalue weighted by Crippen LogP contribution is 2.17. The molecular weight excluding hydrogens is 390 g/mol. The summed E-state index contributed by atoms with van der Waals surface area (Å²) in [6, 6.07) is 18.8. The van der Waals surface area contributed by atoms with Gasteiger partial charge in [0.1, 0.15) is 11.6 Å². The molecule has 0 spiro atoms. The van der Waals surface area contributed by atoms with Crippen LogP contribution in [0.3, 0.4) is 0 Å². The molecule has 2 rings (SSSR count). The van der Waals surface area contributed by atoms with Gasteiger partial charge in [0, 0.05) is 12.7 Å². The molecule has 0 radical (unpaired) electrons. The molecule has 0 aliphatic heterocycles. The molecule has 0 saturated carbocycles. The lowest BCUT2D eigenvalue weighted by Crippen LogP contribution is -2.19. The second-order valence-electron chi connectivity index (χ2n) is 7.06. The van der Waals surface area contributed by atoms with Crippen LogP contribution in [-0.2, 0) is 16.0 Å². The van der Waals surface area contributed by atoms with Gasteiger partial charge in [0.25, 0.3) is 5.91 Å². The average Bonchev–Trinajstić information content (AvgIpc) is 2.79. The minimum absolute atomic E-state index is 0.0581. The second-order valence-corrected chi connectivity index (χ2v) is 7.06. The second kappa shape index (κ2) is 13.6. The van der Waals surface area contributed by atoms with E-state index in [2.05, 4.69) is 22.8 Å². The van der Waals surface area contributed by atoms with Crippen molar-refractivity contribution in [2.45, 2.75) is 39.0 Å². The lowest BCUT2D eigenvalue weighted by Gasteiger charge is -2.10. The van der Waals surface area contributed by atoms with Crippen LogP contribution < -0.4 is 10.6 Å². The van der Waals surface area contributed by atoms with E-state index >= 15 is 0 Å². The highest BCUT2D eigenvalue weighted by molar-refractivity contribution is 6.09. The Morgan fingerprint density at radius 2 is 1.77 bits per heavy atom. The van der Waals surface area contributed by atoms with E-state index in [0.717, 1.165) is 32.1 Å². The standard InChI is InChI=1S/C25H29N3O3/c1-2-3-17-31-25(30)22-14-7-8-15-23(22)28-24(29)21(18-26)19-27-16-10-9-13-20-11-5-4-6-12-20/h4-8,11-12,14-15,19,27H,2-3,9-10,13,16-17H2,1H3,(H,28,29)/b21-19-. The van der Waals surface area contributed by atoms with E-state index in [1.807, 2.05) is 31.2 Å². The minimum Gasteiger partial charge on any atom is -0.462 e. The summed E-state index contributed by atoms with van der Waals surface area (Å²) in [5.74, 6) is -1.07. The molecule has 2 aromatic rings. The number of nitrogens with one attached hydrogen (secondary N) is 2. The van der Waals surface area contributed by atoms with Crippen LogP contribution in [0.15, 0.2) is 66.4 Å². The van der Waals surface area contributed by atoms with Gasteiger partial charge in [-0.05, 0) is 43.4 Å². The lowest BCUT2D eigenvalue weighted by atomic mass is 10.1. The van der Waals surface area contributed by atoms with Crippen molar-refractivity contribution < 1.29 is 14.3 Å². The van der Waals surface area contributed by atoms with E-state index in [1.165, 1.54) is 11.8 Å². The van der Waals surface area contributed by atoms with Crippen LogP contribution >= 0.6 is 0 Å². The van der Waals surface area contributed by atoms with Crippen molar-refractivity contribution in [1.29, 1.82) is 5.26 Å². The number of carbonyl (C=O) groups excluding carboxylic acids is 2. The number of benzene rings is 2. The average molecular weight is 420 g/mol. The third-order valence-electron chi connectivity index (χ3n) is 4.62. The first-order valence-electron chi connectivity index (χ1n) is 10.6. The molecule has 6 nitrogen and oxygen atoms in total. The Hall–Kier alpha value is -3.59. The number of aryl methyl sites for hydroxylation is 1. The van der Waals surface area contributed by atoms with Crippen molar-refractivity contribution in [3.05, 3.63) is 77.5 Å². The number of rotatable bonds is 12. The van der Waals surface area contributed by atoms with Crippen LogP contribution in [0.25, 0.3) is 0 Å². The molecule has 2 aromatic carbocycles. The van der Waals surface area contributed by atoms with Gasteiger partial charge in [-0.1, -0.05) is 55.8 Å². The number of hydrogen-bond acceptors (Lipinski definition) is 5. The predicted octanol–water partition coefficient (Wildman–Crippen LogP) is 4.60. The smallest absolute Gasteiger partial charge is 0.340 e. The predicted molar refractivity (Wildman–Crippen MR) is 121 cm³/mol. The summed E-state index contributed by atoms with van der Waals surface area (Å²) in [5, 5.41) is 15.0. The molecule has 0 unspecified atom stereocenters. The number of nitriles is 1. The molecule has 31 heavy (non-hydrogen) atoms. The normalized spacial score (nSPS) is 10.8. The summed E-state index contributed by atoms with van der Waals surface area (Å²) >= 11 is 0. The van der Waals surface area contributed by atoms with Crippen LogP contribution in [0.4, 0.5) is 5.69 Å². The summed E-state index contributed by atoms with van der Waals surface area (Å²) in [4.78, 5) is 24.8. The number of para-hydroxylation sites is 1. The van der Waals surface area contributed by atoms with Crippen molar-refractivity contribution >= 4 is 17.6 Å². The maximum atomic E-state index is 12.5. The number of unbranched alkanes of at least 4 members (excludes halogenated alkanes) is 2. The molecule has 0 aliphatic rings. The van der Waals surface area contributed by atoms with Crippen molar-refractivity contribution in [2.75, 3.05) is 18.5 Å². The quantitative estimate of drug-likeness (QED) is 0.227. The van der Waals surface area contributed by atoms with Gasteiger partial charge in [-0.25, -0.2) is 4.79 Å². The third-order valence-corrected chi connectivity index (χ3v) is 4.62. The Morgan fingerprint density at radius 3 is 2.52 bits per heavy atom. The van der Waals surface area contributed by atoms with Crippen LogP contribution in [0.5, 0.6) is 0 Å². The zero-order chi connectivity index (χ0) is 22.3. The van der Waals surface area contributed by atoms with Gasteiger partial charge < -0.3 is 15.4 Å². The highest BCUT2D eigenvalue weighted by atomic mass is 16.5. The zero-order valence-corrected chi connectivity index (χ0v) is 17.9. The monoisotopic (exact) mass is 419 g/mol. The Balaban J connectivity index is 1.85. The van der Waals surface area contributed by atoms with E-state index in [4.69, 9.17) is 4.74 Å². The van der Waals surface area contributed by atoms with Crippen LogP contribution in [0, 0.1) is 11.3 Å². The molecule has 2 N–H and O–H groups in total. The maximum Gasteiger partial charge on any atom is 0.340 e. The number of nitrogens with zero attached hydrogens (tertiary/aromatic N) is 1. The summed E-state index contributed by atoms with van der Waals surface area (Å²) in [7, 11) is 0. The Morgan fingerprint density at radius 1 is 1.03 bits per heavy atom. The highest BCUT2D eigenvalue weighted by Gasteiger charge is 2.16. The van der Waals surface area contributed by atoms with E-state index in [1.54, 1.807) is 24.3 Å². The molecule has 0 heterocycles. The Labute approximate surface area is 183 Å². The molecule has 162 valence electrons. The van der Waals surface area contributed by atoms with E-state index in [9.17, 15) is 14.9 Å². The molecule has 0 saturated heterocycles. The third kappa shape index (κ3) is 8.35. The number of anilines is 1. The number of esters is 1. The van der Waals surface area contributed by atoms with Crippen LogP contribution in [0.2, 0.25) is 0 Å². The summed E-state index contributed by atoms with van der Waals surface area (Å²) < 4.78 is 5.23. The van der Waals surface area contributed by atoms with E-state index in [0.29, 0.717) is 18.8 Å². The SMILES string of the molecule is CCCCOC(=O)c1ccccc1NC(=O)/C(C#N)=C\NCCCCc1ccccc1. The van der Waals surface area contributed by atoms with Gasteiger partial charge in [-0.15, -0.1) is 0 Å². The largest absolute Gasteiger partial charge is 0.462 e. The molecule has 6 heteroatoms. The van der Waals surface area contributed by atoms with Crippen molar-refractivity contribution in [3.8, 4) is 6.07 Å². The first-order chi connectivity index (χ1) is 15.2. The summed E-state index contributed by atoms with van der Waals surface area (Å²) in [5.41, 5.74) is 1.82. The molecular formula is C25H29N3O3. The number of carbonyl (C=O) groups is 2.